The van der Waals surface area contributed by atoms with Gasteiger partial charge in [0, 0.05) is 46.2 Å². The van der Waals surface area contributed by atoms with Gasteiger partial charge in [-0.25, -0.2) is 9.38 Å². The van der Waals surface area contributed by atoms with Gasteiger partial charge in [0.2, 0.25) is 0 Å². The van der Waals surface area contributed by atoms with Crippen LogP contribution >= 0.6 is 24.0 Å². The molecule has 0 bridgehead atoms. The lowest BCUT2D eigenvalue weighted by Gasteiger charge is -2.34. The Labute approximate surface area is 172 Å². The lowest BCUT2D eigenvalue weighted by molar-refractivity contribution is 0.00990. The van der Waals surface area contributed by atoms with E-state index in [2.05, 4.69) is 20.2 Å². The SMILES string of the molecule is CCNC(=NCc1ncccc1F)N1CCC(OCCCOC)CC1.I. The Balaban J connectivity index is 0.00000338. The summed E-state index contributed by atoms with van der Waals surface area (Å²) in [6.45, 7) is 6.28. The van der Waals surface area contributed by atoms with Crippen molar-refractivity contribution in [2.24, 2.45) is 4.99 Å². The summed E-state index contributed by atoms with van der Waals surface area (Å²) in [5, 5.41) is 3.29. The topological polar surface area (TPSA) is 59.0 Å². The summed E-state index contributed by atoms with van der Waals surface area (Å²) in [6.07, 6.45) is 4.75. The second kappa shape index (κ2) is 13.2. The van der Waals surface area contributed by atoms with Crippen molar-refractivity contribution in [3.63, 3.8) is 0 Å². The fourth-order valence-electron chi connectivity index (χ4n) is 2.80. The summed E-state index contributed by atoms with van der Waals surface area (Å²) in [4.78, 5) is 10.8. The quantitative estimate of drug-likeness (QED) is 0.269. The number of hydrogen-bond donors (Lipinski definition) is 1. The zero-order chi connectivity index (χ0) is 17.9. The molecule has 1 aromatic rings. The van der Waals surface area contributed by atoms with E-state index in [-0.39, 0.29) is 36.3 Å². The molecule has 0 aliphatic carbocycles. The van der Waals surface area contributed by atoms with Gasteiger partial charge in [-0.3, -0.25) is 4.98 Å². The molecule has 0 amide bonds. The monoisotopic (exact) mass is 480 g/mol. The van der Waals surface area contributed by atoms with E-state index in [1.165, 1.54) is 6.07 Å². The minimum Gasteiger partial charge on any atom is -0.385 e. The average Bonchev–Trinajstić information content (AvgIpc) is 2.64. The van der Waals surface area contributed by atoms with Gasteiger partial charge in [-0.05, 0) is 38.3 Å². The number of nitrogens with one attached hydrogen (secondary N) is 1. The number of likely N-dealkylation sites (tertiary alicyclic amines) is 1. The van der Waals surface area contributed by atoms with Crippen LogP contribution in [0.3, 0.4) is 0 Å². The first-order chi connectivity index (χ1) is 12.2. The van der Waals surface area contributed by atoms with E-state index in [9.17, 15) is 4.39 Å². The molecule has 1 N–H and O–H groups in total. The number of ether oxygens (including phenoxy) is 2. The molecule has 1 fully saturated rings. The largest absolute Gasteiger partial charge is 0.385 e. The standard InChI is InChI=1S/C18H29FN4O2.HI/c1-3-20-18(22-14-17-16(19)6-4-9-21-17)23-10-7-15(8-11-23)25-13-5-12-24-2;/h4,6,9,15H,3,5,7-8,10-14H2,1-2H3,(H,20,22);1H. The van der Waals surface area contributed by atoms with Gasteiger partial charge in [0.25, 0.3) is 0 Å². The molecule has 2 heterocycles. The van der Waals surface area contributed by atoms with E-state index in [1.54, 1.807) is 19.4 Å². The zero-order valence-electron chi connectivity index (χ0n) is 15.6. The van der Waals surface area contributed by atoms with Crippen LogP contribution < -0.4 is 5.32 Å². The highest BCUT2D eigenvalue weighted by Gasteiger charge is 2.21. The van der Waals surface area contributed by atoms with Crippen molar-refractivity contribution >= 4 is 29.9 Å². The van der Waals surface area contributed by atoms with Crippen LogP contribution in [0.1, 0.15) is 31.9 Å². The molecule has 6 nitrogen and oxygen atoms in total. The van der Waals surface area contributed by atoms with Crippen molar-refractivity contribution in [2.75, 3.05) is 40.0 Å². The highest BCUT2D eigenvalue weighted by atomic mass is 127. The van der Waals surface area contributed by atoms with E-state index >= 15 is 0 Å². The maximum Gasteiger partial charge on any atom is 0.194 e. The number of aliphatic imine (C=N–C) groups is 1. The van der Waals surface area contributed by atoms with Crippen LogP contribution in [0.2, 0.25) is 0 Å². The maximum absolute atomic E-state index is 13.7. The van der Waals surface area contributed by atoms with Gasteiger partial charge in [-0.2, -0.15) is 0 Å². The Kier molecular flexibility index (Phi) is 11.7. The Morgan fingerprint density at radius 3 is 2.81 bits per heavy atom. The van der Waals surface area contributed by atoms with E-state index in [0.717, 1.165) is 58.1 Å². The number of methoxy groups -OCH3 is 1. The summed E-state index contributed by atoms with van der Waals surface area (Å²) in [5.41, 5.74) is 0.370. The molecular weight excluding hydrogens is 450 g/mol. The van der Waals surface area contributed by atoms with Crippen LogP contribution in [0.4, 0.5) is 4.39 Å². The molecule has 1 aromatic heterocycles. The smallest absolute Gasteiger partial charge is 0.194 e. The van der Waals surface area contributed by atoms with Crippen molar-refractivity contribution in [3.05, 3.63) is 29.8 Å². The molecule has 0 saturated carbocycles. The molecule has 2 rings (SSSR count). The summed E-state index contributed by atoms with van der Waals surface area (Å²) < 4.78 is 24.6. The molecule has 0 aromatic carbocycles. The van der Waals surface area contributed by atoms with Crippen molar-refractivity contribution in [3.8, 4) is 0 Å². The van der Waals surface area contributed by atoms with Gasteiger partial charge in [0.1, 0.15) is 5.82 Å². The Bertz CT molecular complexity index is 540. The van der Waals surface area contributed by atoms with E-state index < -0.39 is 0 Å². The number of nitrogens with zero attached hydrogens (tertiary/aromatic N) is 3. The van der Waals surface area contributed by atoms with Gasteiger partial charge >= 0.3 is 0 Å². The summed E-state index contributed by atoms with van der Waals surface area (Å²) in [5.74, 6) is 0.496. The normalized spacial score (nSPS) is 15.7. The fraction of sp³-hybridized carbons (Fsp3) is 0.667. The molecule has 1 aliphatic rings. The number of hydrogen-bond acceptors (Lipinski definition) is 4. The summed E-state index contributed by atoms with van der Waals surface area (Å²) in [7, 11) is 1.71. The maximum atomic E-state index is 13.7. The van der Waals surface area contributed by atoms with Gasteiger partial charge in [-0.1, -0.05) is 0 Å². The lowest BCUT2D eigenvalue weighted by atomic mass is 10.1. The highest BCUT2D eigenvalue weighted by molar-refractivity contribution is 14.0. The third-order valence-corrected chi connectivity index (χ3v) is 4.14. The Morgan fingerprint density at radius 2 is 2.15 bits per heavy atom. The number of pyridine rings is 1. The Hall–Kier alpha value is -1.00. The predicted molar refractivity (Wildman–Crippen MR) is 111 cm³/mol. The summed E-state index contributed by atoms with van der Waals surface area (Å²) in [6, 6.07) is 3.00. The van der Waals surface area contributed by atoms with Gasteiger partial charge in [0.15, 0.2) is 5.96 Å². The van der Waals surface area contributed by atoms with Gasteiger partial charge in [0.05, 0.1) is 18.3 Å². The molecule has 0 spiro atoms. The first kappa shape index (κ1) is 23.0. The van der Waals surface area contributed by atoms with Gasteiger partial charge in [-0.15, -0.1) is 24.0 Å². The van der Waals surface area contributed by atoms with E-state index in [4.69, 9.17) is 9.47 Å². The van der Waals surface area contributed by atoms with Crippen LogP contribution in [0.15, 0.2) is 23.3 Å². The zero-order valence-corrected chi connectivity index (χ0v) is 17.9. The van der Waals surface area contributed by atoms with Crippen molar-refractivity contribution < 1.29 is 13.9 Å². The number of rotatable bonds is 8. The molecule has 0 atom stereocenters. The summed E-state index contributed by atoms with van der Waals surface area (Å²) >= 11 is 0. The minimum absolute atomic E-state index is 0. The molecule has 26 heavy (non-hydrogen) atoms. The van der Waals surface area contributed by atoms with Crippen LogP contribution in [0.5, 0.6) is 0 Å². The minimum atomic E-state index is -0.315. The van der Waals surface area contributed by atoms with Crippen molar-refractivity contribution in [1.82, 2.24) is 15.2 Å². The third-order valence-electron chi connectivity index (χ3n) is 4.14. The molecule has 0 radical (unpaired) electrons. The van der Waals surface area contributed by atoms with E-state index in [1.807, 2.05) is 6.92 Å². The number of halogens is 2. The molecule has 1 aliphatic heterocycles. The number of aromatic nitrogens is 1. The molecule has 0 unspecified atom stereocenters. The Morgan fingerprint density at radius 1 is 1.38 bits per heavy atom. The third kappa shape index (κ3) is 7.71. The number of piperidine rings is 1. The van der Waals surface area contributed by atoms with Crippen LogP contribution in [-0.4, -0.2) is 61.9 Å². The number of guanidine groups is 1. The predicted octanol–water partition coefficient (Wildman–Crippen LogP) is 2.82. The van der Waals surface area contributed by atoms with Gasteiger partial charge < -0.3 is 19.7 Å². The molecule has 8 heteroatoms. The molecular formula is C18H30FIN4O2. The second-order valence-corrected chi connectivity index (χ2v) is 6.01. The molecule has 1 saturated heterocycles. The van der Waals surface area contributed by atoms with Crippen molar-refractivity contribution in [1.29, 1.82) is 0 Å². The highest BCUT2D eigenvalue weighted by Crippen LogP contribution is 2.14. The first-order valence-electron chi connectivity index (χ1n) is 8.97. The fourth-order valence-corrected chi connectivity index (χ4v) is 2.80. The van der Waals surface area contributed by atoms with Crippen LogP contribution in [-0.2, 0) is 16.0 Å². The molecule has 148 valence electrons. The lowest BCUT2D eigenvalue weighted by Crippen LogP contribution is -2.47. The average molecular weight is 480 g/mol. The van der Waals surface area contributed by atoms with Crippen LogP contribution in [0, 0.1) is 5.82 Å². The van der Waals surface area contributed by atoms with Crippen LogP contribution in [0.25, 0.3) is 0 Å². The van der Waals surface area contributed by atoms with Crippen molar-refractivity contribution in [2.45, 2.75) is 38.8 Å². The van der Waals surface area contributed by atoms with E-state index in [0.29, 0.717) is 11.8 Å². The first-order valence-corrected chi connectivity index (χ1v) is 8.97. The second-order valence-electron chi connectivity index (χ2n) is 6.01.